The molecule has 1 aromatic rings. The van der Waals surface area contributed by atoms with Gasteiger partial charge in [-0.2, -0.15) is 0 Å². The summed E-state index contributed by atoms with van der Waals surface area (Å²) in [6, 6.07) is 6.82. The standard InChI is InChI=1S/C14H22O.C9H13.2ClH.Zr/c1-13(2,3)10-7-8-12(15)11(9-10)14(4,5)6;1-6-5-7(2)9(4)8(6)3;;;/h7-9,15H,1-6H3;5H,1-4H3;2*1H;/q;;;;+1/p-1. The van der Waals surface area contributed by atoms with Crippen LogP contribution >= 0.6 is 24.8 Å². The van der Waals surface area contributed by atoms with E-state index in [2.05, 4.69) is 93.5 Å². The summed E-state index contributed by atoms with van der Waals surface area (Å²) in [5.74, 6) is 1.09. The summed E-state index contributed by atoms with van der Waals surface area (Å²) in [5.41, 5.74) is 7.33. The fraction of sp³-hybridized carbons (Fsp3) is 0.565. The Kier molecular flexibility index (Phi) is 9.18. The van der Waals surface area contributed by atoms with Crippen LogP contribution in [0.2, 0.25) is 3.12 Å². The van der Waals surface area contributed by atoms with Gasteiger partial charge in [-0.25, -0.2) is 0 Å². The quantitative estimate of drug-likeness (QED) is 0.417. The average Bonchev–Trinajstić information content (AvgIpc) is 2.67. The molecule has 0 N–H and O–H groups in total. The number of rotatable bonds is 3. The van der Waals surface area contributed by atoms with Gasteiger partial charge in [-0.15, -0.1) is 24.8 Å². The Morgan fingerprint density at radius 2 is 1.44 bits per heavy atom. The summed E-state index contributed by atoms with van der Waals surface area (Å²) in [6.45, 7) is 22.8. The van der Waals surface area contributed by atoms with Crippen molar-refractivity contribution in [3.05, 3.63) is 52.1 Å². The molecule has 4 heteroatoms. The molecule has 0 fully saturated rings. The zero-order valence-electron chi connectivity index (χ0n) is 18.5. The molecule has 152 valence electrons. The smallest absolute Gasteiger partial charge is 0.147 e. The number of allylic oxidation sites excluding steroid dienone is 4. The molecule has 0 aromatic heterocycles. The van der Waals surface area contributed by atoms with Crippen molar-refractivity contribution >= 4 is 24.8 Å². The summed E-state index contributed by atoms with van der Waals surface area (Å²) in [5, 5.41) is 0. The molecule has 0 saturated carbocycles. The molecular formula is C23H36Cl2OZr. The van der Waals surface area contributed by atoms with Gasteiger partial charge in [-0.05, 0) is 0 Å². The van der Waals surface area contributed by atoms with Gasteiger partial charge in [-0.1, -0.05) is 0 Å². The minimum absolute atomic E-state index is 0. The predicted molar refractivity (Wildman–Crippen MR) is 119 cm³/mol. The third-order valence-electron chi connectivity index (χ3n) is 5.46. The molecule has 1 unspecified atom stereocenters. The first kappa shape index (κ1) is 27.0. The van der Waals surface area contributed by atoms with Gasteiger partial charge in [0.05, 0.1) is 0 Å². The Balaban J connectivity index is 0.00000338. The van der Waals surface area contributed by atoms with E-state index in [1.807, 2.05) is 0 Å². The maximum Gasteiger partial charge on any atom is -0.147 e. The van der Waals surface area contributed by atoms with E-state index in [1.165, 1.54) is 27.8 Å². The van der Waals surface area contributed by atoms with Gasteiger partial charge in [-0.3, -0.25) is 0 Å². The minimum atomic E-state index is -1.11. The molecule has 27 heavy (non-hydrogen) atoms. The molecule has 0 heterocycles. The summed E-state index contributed by atoms with van der Waals surface area (Å²) in [7, 11) is 0. The van der Waals surface area contributed by atoms with Crippen LogP contribution in [0.3, 0.4) is 0 Å². The van der Waals surface area contributed by atoms with Gasteiger partial charge in [0, 0.05) is 0 Å². The van der Waals surface area contributed by atoms with Crippen molar-refractivity contribution in [1.82, 2.24) is 0 Å². The molecule has 0 spiro atoms. The monoisotopic (exact) mass is 488 g/mol. The van der Waals surface area contributed by atoms with E-state index < -0.39 is 23.7 Å². The van der Waals surface area contributed by atoms with Crippen LogP contribution in [0.15, 0.2) is 41.0 Å². The first-order valence-corrected chi connectivity index (χ1v) is 11.5. The molecule has 0 radical (unpaired) electrons. The zero-order chi connectivity index (χ0) is 19.2. The molecule has 1 aliphatic rings. The molecule has 1 aromatic carbocycles. The van der Waals surface area contributed by atoms with E-state index in [9.17, 15) is 0 Å². The molecule has 0 aliphatic heterocycles. The third-order valence-corrected chi connectivity index (χ3v) is 8.58. The Morgan fingerprint density at radius 1 is 0.889 bits per heavy atom. The molecule has 0 saturated heterocycles. The van der Waals surface area contributed by atoms with Crippen molar-refractivity contribution in [2.75, 3.05) is 0 Å². The fourth-order valence-electron chi connectivity index (χ4n) is 3.27. The van der Waals surface area contributed by atoms with Crippen molar-refractivity contribution in [3.63, 3.8) is 0 Å². The van der Waals surface area contributed by atoms with E-state index in [4.69, 9.17) is 2.81 Å². The first-order chi connectivity index (χ1) is 11.3. The van der Waals surface area contributed by atoms with Crippen molar-refractivity contribution in [2.24, 2.45) is 0 Å². The van der Waals surface area contributed by atoms with Crippen LogP contribution < -0.4 is 2.81 Å². The van der Waals surface area contributed by atoms with E-state index in [0.29, 0.717) is 0 Å². The predicted octanol–water partition coefficient (Wildman–Crippen LogP) is 7.98. The number of hydrogen-bond acceptors (Lipinski definition) is 1. The largest absolute Gasteiger partial charge is 0.147 e. The zero-order valence-corrected chi connectivity index (χ0v) is 22.6. The van der Waals surface area contributed by atoms with Gasteiger partial charge in [0.25, 0.3) is 0 Å². The summed E-state index contributed by atoms with van der Waals surface area (Å²) in [6.07, 6.45) is 2.43. The first-order valence-electron chi connectivity index (χ1n) is 9.22. The van der Waals surface area contributed by atoms with Crippen molar-refractivity contribution < 1.29 is 26.5 Å². The van der Waals surface area contributed by atoms with Crippen LogP contribution in [0.5, 0.6) is 5.75 Å². The normalized spacial score (nSPS) is 19.9. The molecule has 1 nitrogen and oxygen atoms in total. The fourth-order valence-corrected chi connectivity index (χ4v) is 6.02. The second-order valence-corrected chi connectivity index (χ2v) is 13.3. The molecule has 1 aliphatic carbocycles. The van der Waals surface area contributed by atoms with Gasteiger partial charge < -0.3 is 0 Å². The second-order valence-electron chi connectivity index (χ2n) is 9.69. The Morgan fingerprint density at radius 3 is 1.85 bits per heavy atom. The Hall–Kier alpha value is -0.0369. The Bertz CT molecular complexity index is 736. The molecule has 0 bridgehead atoms. The topological polar surface area (TPSA) is 9.23 Å². The second kappa shape index (κ2) is 9.19. The van der Waals surface area contributed by atoms with E-state index in [0.717, 1.165) is 5.75 Å². The van der Waals surface area contributed by atoms with Crippen LogP contribution in [-0.2, 0) is 34.5 Å². The van der Waals surface area contributed by atoms with Crippen LogP contribution in [0, 0.1) is 0 Å². The van der Waals surface area contributed by atoms with Crippen molar-refractivity contribution in [3.8, 4) is 5.75 Å². The van der Waals surface area contributed by atoms with Crippen LogP contribution in [0.25, 0.3) is 0 Å². The number of halogens is 2. The van der Waals surface area contributed by atoms with Gasteiger partial charge in [0.1, 0.15) is 0 Å². The third kappa shape index (κ3) is 5.97. The van der Waals surface area contributed by atoms with E-state index in [-0.39, 0.29) is 38.8 Å². The van der Waals surface area contributed by atoms with Gasteiger partial charge in [0.15, 0.2) is 0 Å². The maximum absolute atomic E-state index is 6.58. The van der Waals surface area contributed by atoms with Crippen LogP contribution in [-0.4, -0.2) is 0 Å². The number of benzene rings is 1. The number of hydrogen-bond donors (Lipinski definition) is 0. The minimum Gasteiger partial charge on any atom is -0.147 e. The van der Waals surface area contributed by atoms with Crippen molar-refractivity contribution in [1.29, 1.82) is 0 Å². The van der Waals surface area contributed by atoms with E-state index in [1.54, 1.807) is 0 Å². The van der Waals surface area contributed by atoms with E-state index >= 15 is 0 Å². The van der Waals surface area contributed by atoms with Crippen molar-refractivity contribution in [2.45, 2.75) is 83.2 Å². The van der Waals surface area contributed by atoms with Crippen LogP contribution in [0.4, 0.5) is 0 Å². The van der Waals surface area contributed by atoms with Crippen LogP contribution in [0.1, 0.15) is 80.4 Å². The average molecular weight is 491 g/mol. The summed E-state index contributed by atoms with van der Waals surface area (Å²) >= 11 is -1.11. The molecule has 0 amide bonds. The molecular weight excluding hydrogens is 454 g/mol. The van der Waals surface area contributed by atoms with Gasteiger partial charge >= 0.3 is 168 Å². The SMILES string of the molecule is CC1=C[C](C)([Zr][O]c2ccc(C(C)(C)C)cc2C(C)(C)C)C(C)=C1C.Cl.Cl. The summed E-state index contributed by atoms with van der Waals surface area (Å²) < 4.78 is 6.74. The maximum atomic E-state index is 6.58. The molecule has 2 rings (SSSR count). The summed E-state index contributed by atoms with van der Waals surface area (Å²) in [4.78, 5) is 0. The molecule has 1 atom stereocenters. The van der Waals surface area contributed by atoms with Gasteiger partial charge in [0.2, 0.25) is 0 Å². The Labute approximate surface area is 191 Å².